The molecule has 39 heavy (non-hydrogen) atoms. The predicted molar refractivity (Wildman–Crippen MR) is 159 cm³/mol. The molecule has 2 aromatic carbocycles. The Labute approximate surface area is 231 Å². The summed E-state index contributed by atoms with van der Waals surface area (Å²) in [6.45, 7) is 13.2. The fourth-order valence-electron chi connectivity index (χ4n) is 5.15. The number of fused-ring (bicyclic) bond motifs is 2. The third-order valence-corrected chi connectivity index (χ3v) is 7.70. The van der Waals surface area contributed by atoms with Gasteiger partial charge in [0.15, 0.2) is 5.82 Å². The van der Waals surface area contributed by atoms with Gasteiger partial charge in [0.25, 0.3) is 5.82 Å². The van der Waals surface area contributed by atoms with Gasteiger partial charge in [-0.15, -0.1) is 4.98 Å². The van der Waals surface area contributed by atoms with Crippen LogP contribution in [0.1, 0.15) is 50.7 Å². The van der Waals surface area contributed by atoms with E-state index in [0.717, 1.165) is 48.7 Å². The Hall–Kier alpha value is -3.78. The van der Waals surface area contributed by atoms with Crippen molar-refractivity contribution in [2.24, 2.45) is 14.1 Å². The first-order valence-electron chi connectivity index (χ1n) is 13.9. The second kappa shape index (κ2) is 11.1. The molecular formula is C31H41N8+. The molecule has 3 aromatic heterocycles. The molecule has 4 heterocycles. The lowest BCUT2D eigenvalue weighted by Gasteiger charge is -2.32. The zero-order chi connectivity index (χ0) is 27.7. The number of aryl methyl sites for hydroxylation is 2. The monoisotopic (exact) mass is 525 g/mol. The van der Waals surface area contributed by atoms with Crippen LogP contribution >= 0.6 is 0 Å². The van der Waals surface area contributed by atoms with Gasteiger partial charge in [0.1, 0.15) is 6.20 Å². The Morgan fingerprint density at radius 2 is 1.33 bits per heavy atom. The second-order valence-corrected chi connectivity index (χ2v) is 11.2. The largest absolute Gasteiger partial charge is 0.352 e. The zero-order valence-electron chi connectivity index (χ0n) is 24.3. The molecule has 204 valence electrons. The summed E-state index contributed by atoms with van der Waals surface area (Å²) in [6.07, 6.45) is 5.52. The van der Waals surface area contributed by atoms with Gasteiger partial charge < -0.3 is 9.80 Å². The smallest absolute Gasteiger partial charge is 0.300 e. The van der Waals surface area contributed by atoms with Crippen LogP contribution in [0.15, 0.2) is 61.2 Å². The summed E-state index contributed by atoms with van der Waals surface area (Å²) in [4.78, 5) is 8.95. The average molecular weight is 526 g/mol. The van der Waals surface area contributed by atoms with Crippen molar-refractivity contribution in [3.63, 3.8) is 0 Å². The molecule has 1 aliphatic heterocycles. The van der Waals surface area contributed by atoms with Gasteiger partial charge in [0.2, 0.25) is 6.33 Å². The van der Waals surface area contributed by atoms with Crippen LogP contribution in [0.25, 0.3) is 27.6 Å². The maximum Gasteiger partial charge on any atom is 0.300 e. The molecule has 8 nitrogen and oxygen atoms in total. The molecule has 6 rings (SSSR count). The normalized spacial score (nSPS) is 14.4. The minimum absolute atomic E-state index is 0.511. The van der Waals surface area contributed by atoms with Crippen LogP contribution in [0.2, 0.25) is 0 Å². The summed E-state index contributed by atoms with van der Waals surface area (Å²) in [5.74, 6) is 3.14. The predicted octanol–water partition coefficient (Wildman–Crippen LogP) is 4.82. The molecule has 0 N–H and O–H groups in total. The number of hydrogen-bond donors (Lipinski definition) is 0. The van der Waals surface area contributed by atoms with Crippen LogP contribution in [0, 0.1) is 0 Å². The minimum Gasteiger partial charge on any atom is -0.352 e. The Morgan fingerprint density at radius 1 is 0.744 bits per heavy atom. The van der Waals surface area contributed by atoms with E-state index in [1.54, 1.807) is 12.5 Å². The van der Waals surface area contributed by atoms with Crippen molar-refractivity contribution in [1.29, 1.82) is 0 Å². The average Bonchev–Trinajstić information content (AvgIpc) is 3.46. The Morgan fingerprint density at radius 3 is 1.92 bits per heavy atom. The number of rotatable bonds is 4. The fourth-order valence-corrected chi connectivity index (χ4v) is 5.15. The summed E-state index contributed by atoms with van der Waals surface area (Å²) >= 11 is 0. The van der Waals surface area contributed by atoms with Gasteiger partial charge in [-0.3, -0.25) is 4.68 Å². The van der Waals surface area contributed by atoms with Crippen molar-refractivity contribution in [3.05, 3.63) is 72.3 Å². The number of hydrogen-bond acceptors (Lipinski definition) is 5. The van der Waals surface area contributed by atoms with Gasteiger partial charge in [-0.05, 0) is 59.4 Å². The lowest BCUT2D eigenvalue weighted by molar-refractivity contribution is -0.601. The quantitative estimate of drug-likeness (QED) is 0.315. The summed E-state index contributed by atoms with van der Waals surface area (Å²) in [7, 11) is 6.19. The lowest BCUT2D eigenvalue weighted by atomic mass is 10.0. The molecular weight excluding hydrogens is 484 g/mol. The Kier molecular flexibility index (Phi) is 7.66. The van der Waals surface area contributed by atoms with Crippen LogP contribution in [-0.2, 0) is 14.1 Å². The van der Waals surface area contributed by atoms with Gasteiger partial charge in [-0.1, -0.05) is 39.8 Å². The van der Waals surface area contributed by atoms with E-state index >= 15 is 0 Å². The topological polar surface area (TPSA) is 58.9 Å². The van der Waals surface area contributed by atoms with E-state index in [9.17, 15) is 0 Å². The molecule has 0 unspecified atom stereocenters. The highest BCUT2D eigenvalue weighted by Crippen LogP contribution is 2.29. The lowest BCUT2D eigenvalue weighted by Crippen LogP contribution is -2.44. The van der Waals surface area contributed by atoms with Crippen molar-refractivity contribution in [2.75, 3.05) is 38.1 Å². The number of piperazine rings is 1. The summed E-state index contributed by atoms with van der Waals surface area (Å²) in [5, 5.41) is 11.8. The highest BCUT2D eigenvalue weighted by molar-refractivity contribution is 5.91. The van der Waals surface area contributed by atoms with Gasteiger partial charge in [-0.25, -0.2) is 9.25 Å². The fraction of sp³-hybridized carbons (Fsp3) is 0.419. The molecule has 1 fully saturated rings. The summed E-state index contributed by atoms with van der Waals surface area (Å²) in [5.41, 5.74) is 5.08. The number of nitrogens with zero attached hydrogens (tertiary/aromatic N) is 8. The van der Waals surface area contributed by atoms with Crippen LogP contribution in [0.3, 0.4) is 0 Å². The highest BCUT2D eigenvalue weighted by atomic mass is 15.4. The van der Waals surface area contributed by atoms with Gasteiger partial charge in [0, 0.05) is 51.7 Å². The van der Waals surface area contributed by atoms with Crippen molar-refractivity contribution in [1.82, 2.24) is 29.4 Å². The van der Waals surface area contributed by atoms with E-state index in [4.69, 9.17) is 5.10 Å². The number of likely N-dealkylation sites (N-methyl/N-ethyl adjacent to an activating group) is 1. The van der Waals surface area contributed by atoms with Gasteiger partial charge >= 0.3 is 0 Å². The van der Waals surface area contributed by atoms with Crippen molar-refractivity contribution in [3.8, 4) is 5.82 Å². The van der Waals surface area contributed by atoms with Crippen LogP contribution in [0.4, 0.5) is 5.82 Å². The van der Waals surface area contributed by atoms with E-state index in [1.165, 1.54) is 22.0 Å². The molecule has 0 bridgehead atoms. The number of anilines is 1. The molecule has 0 atom stereocenters. The molecule has 0 aliphatic carbocycles. The molecule has 5 aromatic rings. The maximum absolute atomic E-state index is 4.76. The third-order valence-electron chi connectivity index (χ3n) is 7.70. The molecule has 0 amide bonds. The van der Waals surface area contributed by atoms with Gasteiger partial charge in [-0.2, -0.15) is 5.10 Å². The first kappa shape index (κ1) is 26.8. The van der Waals surface area contributed by atoms with Crippen molar-refractivity contribution >= 4 is 27.6 Å². The first-order chi connectivity index (χ1) is 18.7. The van der Waals surface area contributed by atoms with Crippen LogP contribution in [0.5, 0.6) is 0 Å². The Bertz CT molecular complexity index is 1560. The van der Waals surface area contributed by atoms with Crippen molar-refractivity contribution < 1.29 is 4.57 Å². The van der Waals surface area contributed by atoms with E-state index < -0.39 is 0 Å². The van der Waals surface area contributed by atoms with E-state index in [2.05, 4.69) is 91.0 Å². The molecule has 0 spiro atoms. The summed E-state index contributed by atoms with van der Waals surface area (Å²) < 4.78 is 5.87. The first-order valence-corrected chi connectivity index (χ1v) is 13.9. The number of benzene rings is 2. The van der Waals surface area contributed by atoms with E-state index in [1.807, 2.05) is 40.3 Å². The second-order valence-electron chi connectivity index (χ2n) is 11.2. The zero-order valence-corrected chi connectivity index (χ0v) is 24.3. The van der Waals surface area contributed by atoms with Crippen LogP contribution < -0.4 is 9.47 Å². The SMILES string of the molecule is CC(C)c1ccc2c(c1)c(-[n+]1cccnc1)nn2C.CC(C)c1ccc2c(c1)c(N1CCN(C)CC1)nn2C. The molecule has 1 saturated heterocycles. The summed E-state index contributed by atoms with van der Waals surface area (Å²) in [6, 6.07) is 15.2. The molecule has 0 radical (unpaired) electrons. The maximum atomic E-state index is 4.76. The van der Waals surface area contributed by atoms with E-state index in [-0.39, 0.29) is 0 Å². The molecule has 8 heteroatoms. The van der Waals surface area contributed by atoms with Gasteiger partial charge in [0.05, 0.1) is 22.6 Å². The molecule has 0 saturated carbocycles. The minimum atomic E-state index is 0.511. The van der Waals surface area contributed by atoms with Crippen molar-refractivity contribution in [2.45, 2.75) is 39.5 Å². The Balaban J connectivity index is 0.000000158. The highest BCUT2D eigenvalue weighted by Gasteiger charge is 2.20. The van der Waals surface area contributed by atoms with Crippen LogP contribution in [-0.4, -0.2) is 62.7 Å². The standard InChI is InChI=1S/C16H24N4.C15H17N4/c1-12(2)13-5-6-15-14(11-13)16(17-19(15)4)20-9-7-18(3)8-10-20;1-11(2)12-5-6-14-13(9-12)15(17-18(14)3)19-8-4-7-16-10-19/h5-6,11-12H,7-10H2,1-4H3;4-11H,1-3H3/q;+1. The third kappa shape index (κ3) is 5.52. The van der Waals surface area contributed by atoms with E-state index in [0.29, 0.717) is 11.8 Å². The molecule has 1 aliphatic rings. The number of aromatic nitrogens is 6.